The third-order valence-electron chi connectivity index (χ3n) is 3.71. The Morgan fingerprint density at radius 1 is 1.57 bits per heavy atom. The van der Waals surface area contributed by atoms with E-state index in [-0.39, 0.29) is 20.8 Å². The molecular formula is C13H17ClN2O3S2. The van der Waals surface area contributed by atoms with E-state index in [1.165, 1.54) is 22.5 Å². The maximum absolute atomic E-state index is 12.6. The van der Waals surface area contributed by atoms with Gasteiger partial charge < -0.3 is 10.8 Å². The molecular weight excluding hydrogens is 332 g/mol. The van der Waals surface area contributed by atoms with Gasteiger partial charge in [0.15, 0.2) is 0 Å². The van der Waals surface area contributed by atoms with E-state index in [9.17, 15) is 13.5 Å². The first kappa shape index (κ1) is 16.6. The van der Waals surface area contributed by atoms with Crippen molar-refractivity contribution in [2.24, 2.45) is 11.7 Å². The molecule has 2 atom stereocenters. The van der Waals surface area contributed by atoms with Gasteiger partial charge in [0.2, 0.25) is 10.0 Å². The van der Waals surface area contributed by atoms with E-state index in [2.05, 4.69) is 0 Å². The van der Waals surface area contributed by atoms with Gasteiger partial charge in [0, 0.05) is 18.7 Å². The van der Waals surface area contributed by atoms with Gasteiger partial charge in [0.1, 0.15) is 4.99 Å². The van der Waals surface area contributed by atoms with Crippen LogP contribution in [-0.2, 0) is 10.0 Å². The summed E-state index contributed by atoms with van der Waals surface area (Å²) >= 11 is 10.9. The molecule has 0 amide bonds. The zero-order valence-corrected chi connectivity index (χ0v) is 13.9. The molecule has 1 aromatic rings. The van der Waals surface area contributed by atoms with Gasteiger partial charge in [0.05, 0.1) is 16.0 Å². The number of rotatable bonds is 4. The lowest BCUT2D eigenvalue weighted by Crippen LogP contribution is -2.30. The van der Waals surface area contributed by atoms with Crippen molar-refractivity contribution in [2.45, 2.75) is 24.3 Å². The molecule has 0 aliphatic carbocycles. The Morgan fingerprint density at radius 3 is 2.71 bits per heavy atom. The number of hydrogen-bond acceptors (Lipinski definition) is 4. The molecule has 1 aliphatic heterocycles. The van der Waals surface area contributed by atoms with Crippen molar-refractivity contribution in [3.63, 3.8) is 0 Å². The number of hydrogen-bond donors (Lipinski definition) is 2. The number of halogens is 1. The molecule has 21 heavy (non-hydrogen) atoms. The number of nitrogens with two attached hydrogens (primary N) is 1. The van der Waals surface area contributed by atoms with E-state index in [4.69, 9.17) is 29.6 Å². The number of thiocarbonyl (C=S) groups is 1. The normalized spacial score (nSPS) is 21.4. The maximum Gasteiger partial charge on any atom is 0.243 e. The SMILES string of the molecule is CC(O)C1CCN(S(=O)(=O)c2ccc(C(N)=S)c(Cl)c2)C1. The highest BCUT2D eigenvalue weighted by molar-refractivity contribution is 7.89. The van der Waals surface area contributed by atoms with E-state index < -0.39 is 16.1 Å². The van der Waals surface area contributed by atoms with Crippen molar-refractivity contribution < 1.29 is 13.5 Å². The van der Waals surface area contributed by atoms with Gasteiger partial charge in [-0.05, 0) is 37.5 Å². The third-order valence-corrected chi connectivity index (χ3v) is 6.11. The Hall–Kier alpha value is -0.730. The minimum Gasteiger partial charge on any atom is -0.393 e. The molecule has 1 aromatic carbocycles. The summed E-state index contributed by atoms with van der Waals surface area (Å²) in [7, 11) is -3.62. The summed E-state index contributed by atoms with van der Waals surface area (Å²) in [5.74, 6) is -0.0360. The molecule has 2 rings (SSSR count). The molecule has 0 bridgehead atoms. The maximum atomic E-state index is 12.6. The second kappa shape index (κ2) is 6.18. The molecule has 2 unspecified atom stereocenters. The number of sulfonamides is 1. The molecule has 1 heterocycles. The van der Waals surface area contributed by atoms with Gasteiger partial charge in [-0.1, -0.05) is 23.8 Å². The lowest BCUT2D eigenvalue weighted by atomic mass is 10.0. The lowest BCUT2D eigenvalue weighted by Gasteiger charge is -2.18. The van der Waals surface area contributed by atoms with Crippen molar-refractivity contribution in [2.75, 3.05) is 13.1 Å². The number of nitrogens with zero attached hydrogens (tertiary/aromatic N) is 1. The van der Waals surface area contributed by atoms with Crippen LogP contribution < -0.4 is 5.73 Å². The van der Waals surface area contributed by atoms with Crippen LogP contribution in [0.2, 0.25) is 5.02 Å². The molecule has 0 aromatic heterocycles. The molecule has 3 N–H and O–H groups in total. The van der Waals surface area contributed by atoms with Crippen LogP contribution in [0.4, 0.5) is 0 Å². The van der Waals surface area contributed by atoms with Gasteiger partial charge >= 0.3 is 0 Å². The molecule has 1 fully saturated rings. The first-order chi connectivity index (χ1) is 9.73. The standard InChI is InChI=1S/C13H17ClN2O3S2/c1-8(17)9-4-5-16(7-9)21(18,19)10-2-3-11(13(15)20)12(14)6-10/h2-3,6,8-9,17H,4-5,7H2,1H3,(H2,15,20). The quantitative estimate of drug-likeness (QED) is 0.803. The predicted molar refractivity (Wildman–Crippen MR) is 85.9 cm³/mol. The van der Waals surface area contributed by atoms with Crippen LogP contribution in [-0.4, -0.2) is 42.0 Å². The fraction of sp³-hybridized carbons (Fsp3) is 0.462. The molecule has 0 spiro atoms. The highest BCUT2D eigenvalue weighted by atomic mass is 35.5. The van der Waals surface area contributed by atoms with E-state index in [1.54, 1.807) is 6.92 Å². The highest BCUT2D eigenvalue weighted by Gasteiger charge is 2.34. The molecule has 5 nitrogen and oxygen atoms in total. The highest BCUT2D eigenvalue weighted by Crippen LogP contribution is 2.28. The summed E-state index contributed by atoms with van der Waals surface area (Å²) in [6.45, 7) is 2.38. The molecule has 0 saturated carbocycles. The lowest BCUT2D eigenvalue weighted by molar-refractivity contribution is 0.133. The fourth-order valence-corrected chi connectivity index (χ4v) is 4.49. The smallest absolute Gasteiger partial charge is 0.243 e. The predicted octanol–water partition coefficient (Wildman–Crippen LogP) is 1.37. The summed E-state index contributed by atoms with van der Waals surface area (Å²) < 4.78 is 26.5. The largest absolute Gasteiger partial charge is 0.393 e. The summed E-state index contributed by atoms with van der Waals surface area (Å²) in [5, 5.41) is 9.79. The van der Waals surface area contributed by atoms with Crippen LogP contribution in [0.1, 0.15) is 18.9 Å². The first-order valence-corrected chi connectivity index (χ1v) is 8.73. The molecule has 116 valence electrons. The average Bonchev–Trinajstić information content (AvgIpc) is 2.88. The Bertz CT molecular complexity index is 661. The Balaban J connectivity index is 2.29. The van der Waals surface area contributed by atoms with E-state index in [0.29, 0.717) is 25.1 Å². The van der Waals surface area contributed by atoms with Gasteiger partial charge in [0.25, 0.3) is 0 Å². The molecule has 1 aliphatic rings. The Morgan fingerprint density at radius 2 is 2.24 bits per heavy atom. The minimum absolute atomic E-state index is 0.0360. The first-order valence-electron chi connectivity index (χ1n) is 6.51. The van der Waals surface area contributed by atoms with Crippen molar-refractivity contribution in [3.8, 4) is 0 Å². The van der Waals surface area contributed by atoms with Crippen molar-refractivity contribution >= 4 is 38.8 Å². The second-order valence-corrected chi connectivity index (χ2v) is 7.94. The molecule has 8 heteroatoms. The minimum atomic E-state index is -3.62. The fourth-order valence-electron chi connectivity index (χ4n) is 2.37. The van der Waals surface area contributed by atoms with E-state index >= 15 is 0 Å². The second-order valence-electron chi connectivity index (χ2n) is 5.16. The van der Waals surface area contributed by atoms with Gasteiger partial charge in [-0.3, -0.25) is 0 Å². The van der Waals surface area contributed by atoms with E-state index in [1.807, 2.05) is 0 Å². The number of benzene rings is 1. The summed E-state index contributed by atoms with van der Waals surface area (Å²) in [4.78, 5) is 0.234. The van der Waals surface area contributed by atoms with Gasteiger partial charge in [-0.15, -0.1) is 0 Å². The van der Waals surface area contributed by atoms with Crippen LogP contribution in [0, 0.1) is 5.92 Å². The summed E-state index contributed by atoms with van der Waals surface area (Å²) in [6.07, 6.45) is 0.126. The van der Waals surface area contributed by atoms with Crippen molar-refractivity contribution in [1.29, 1.82) is 0 Å². The summed E-state index contributed by atoms with van der Waals surface area (Å²) in [5.41, 5.74) is 5.96. The summed E-state index contributed by atoms with van der Waals surface area (Å²) in [6, 6.07) is 4.33. The Labute approximate surface area is 134 Å². The topological polar surface area (TPSA) is 83.6 Å². The number of aliphatic hydroxyl groups excluding tert-OH is 1. The zero-order valence-electron chi connectivity index (χ0n) is 11.5. The van der Waals surface area contributed by atoms with Gasteiger partial charge in [-0.25, -0.2) is 8.42 Å². The number of aliphatic hydroxyl groups is 1. The monoisotopic (exact) mass is 348 g/mol. The van der Waals surface area contributed by atoms with Crippen LogP contribution in [0.3, 0.4) is 0 Å². The third kappa shape index (κ3) is 3.37. The van der Waals surface area contributed by atoms with Crippen LogP contribution >= 0.6 is 23.8 Å². The van der Waals surface area contributed by atoms with Crippen LogP contribution in [0.15, 0.2) is 23.1 Å². The van der Waals surface area contributed by atoms with Crippen molar-refractivity contribution in [3.05, 3.63) is 28.8 Å². The van der Waals surface area contributed by atoms with E-state index in [0.717, 1.165) is 0 Å². The van der Waals surface area contributed by atoms with Gasteiger partial charge in [-0.2, -0.15) is 4.31 Å². The van der Waals surface area contributed by atoms with Crippen LogP contribution in [0.5, 0.6) is 0 Å². The average molecular weight is 349 g/mol. The molecule has 1 saturated heterocycles. The zero-order chi connectivity index (χ0) is 15.8. The molecule has 0 radical (unpaired) electrons. The van der Waals surface area contributed by atoms with Crippen molar-refractivity contribution in [1.82, 2.24) is 4.31 Å². The Kier molecular flexibility index (Phi) is 4.89. The van der Waals surface area contributed by atoms with Crippen LogP contribution in [0.25, 0.3) is 0 Å².